The van der Waals surface area contributed by atoms with Crippen molar-refractivity contribution in [2.75, 3.05) is 6.61 Å². The van der Waals surface area contributed by atoms with Crippen LogP contribution in [-0.4, -0.2) is 27.6 Å². The minimum atomic E-state index is -0.347. The highest BCUT2D eigenvalue weighted by atomic mass is 16.5. The van der Waals surface area contributed by atoms with Crippen LogP contribution in [0.2, 0.25) is 0 Å². The van der Waals surface area contributed by atoms with Gasteiger partial charge >= 0.3 is 5.97 Å². The molecule has 0 aliphatic heterocycles. The molecule has 7 rings (SSSR count). The number of nitrogens with zero attached hydrogens (tertiary/aromatic N) is 8. The van der Waals surface area contributed by atoms with Gasteiger partial charge in [-0.05, 0) is 216 Å². The van der Waals surface area contributed by atoms with Crippen molar-refractivity contribution < 1.29 is 9.53 Å². The molecule has 0 saturated heterocycles. The average molecular weight is 1170 g/mol. The van der Waals surface area contributed by atoms with Gasteiger partial charge in [-0.3, -0.25) is 4.68 Å². The van der Waals surface area contributed by atoms with Crippen LogP contribution in [0.5, 0.6) is 0 Å². The highest BCUT2D eigenvalue weighted by molar-refractivity contribution is 5.98. The molecule has 0 radical (unpaired) electrons. The SMILES string of the molecule is C=C(C)C(=O)OCCCCCCCCCCCn1cc(-c2cc3cc(c2)C(C#N)=Cc2cc(cc(C(C)(C)C)c2)C(C#N)=Cc2cc(cc(C(C)(C)C)c2)C(C#N)=Cc2cc(cc(C(C)(C)C)c2)C(C#N)=Cc2cc(cc(C(C)(C)C)c2)C(C#N)=C3)nn1. The van der Waals surface area contributed by atoms with Gasteiger partial charge in [-0.2, -0.15) is 26.3 Å². The van der Waals surface area contributed by atoms with Gasteiger partial charge < -0.3 is 4.74 Å². The lowest BCUT2D eigenvalue weighted by atomic mass is 9.82. The first-order chi connectivity index (χ1) is 41.6. The molecule has 10 nitrogen and oxygen atoms in total. The Morgan fingerprint density at radius 3 is 1.01 bits per heavy atom. The Morgan fingerprint density at radius 2 is 0.705 bits per heavy atom. The summed E-state index contributed by atoms with van der Waals surface area (Å²) in [6, 6.07) is 42.6. The number of hydrogen-bond acceptors (Lipinski definition) is 9. The van der Waals surface area contributed by atoms with E-state index < -0.39 is 0 Å². The number of hydrogen-bond donors (Lipinski definition) is 0. The first-order valence-corrected chi connectivity index (χ1v) is 30.7. The van der Waals surface area contributed by atoms with Gasteiger partial charge in [0, 0.05) is 17.7 Å². The Bertz CT molecular complexity index is 3990. The summed E-state index contributed by atoms with van der Waals surface area (Å²) in [6.45, 7) is 31.9. The number of carbonyl (C=O) groups is 1. The van der Waals surface area contributed by atoms with Crippen LogP contribution in [0.15, 0.2) is 109 Å². The number of rotatable bonds is 14. The molecule has 10 bridgehead atoms. The van der Waals surface area contributed by atoms with E-state index in [4.69, 9.17) is 4.74 Å². The molecule has 0 fully saturated rings. The highest BCUT2D eigenvalue weighted by Crippen LogP contribution is 2.37. The molecule has 0 N–H and O–H groups in total. The van der Waals surface area contributed by atoms with Crippen LogP contribution in [-0.2, 0) is 37.7 Å². The van der Waals surface area contributed by atoms with Crippen molar-refractivity contribution in [2.45, 2.75) is 176 Å². The predicted molar refractivity (Wildman–Crippen MR) is 361 cm³/mol. The van der Waals surface area contributed by atoms with Crippen LogP contribution in [0.1, 0.15) is 226 Å². The van der Waals surface area contributed by atoms with Gasteiger partial charge in [-0.15, -0.1) is 5.10 Å². The number of allylic oxidation sites excluding steroid dienone is 5. The number of nitriles is 5. The lowest BCUT2D eigenvalue weighted by Crippen LogP contribution is -2.12. The summed E-state index contributed by atoms with van der Waals surface area (Å²) in [5.74, 6) is -0.325. The third-order valence-corrected chi connectivity index (χ3v) is 15.9. The van der Waals surface area contributed by atoms with Gasteiger partial charge in [0.15, 0.2) is 0 Å². The first-order valence-electron chi connectivity index (χ1n) is 30.7. The molecular weight excluding hydrogens is 1080 g/mol. The second-order valence-electron chi connectivity index (χ2n) is 27.5. The predicted octanol–water partition coefficient (Wildman–Crippen LogP) is 19.4. The molecule has 1 aliphatic rings. The normalized spacial score (nSPS) is 13.0. The van der Waals surface area contributed by atoms with Crippen molar-refractivity contribution in [3.63, 3.8) is 0 Å². The zero-order valence-electron chi connectivity index (χ0n) is 54.0. The largest absolute Gasteiger partial charge is 0.462 e. The third-order valence-electron chi connectivity index (χ3n) is 15.9. The molecule has 5 aromatic carbocycles. The Kier molecular flexibility index (Phi) is 21.3. The summed E-state index contributed by atoms with van der Waals surface area (Å²) in [5.41, 5.74) is 13.2. The average Bonchev–Trinajstić information content (AvgIpc) is 2.62. The fourth-order valence-electron chi connectivity index (χ4n) is 10.5. The number of aryl methyl sites for hydroxylation is 1. The number of esters is 1. The molecule has 6 aromatic rings. The van der Waals surface area contributed by atoms with Gasteiger partial charge in [-0.25, -0.2) is 4.79 Å². The summed E-state index contributed by atoms with van der Waals surface area (Å²) in [5, 5.41) is 64.8. The van der Waals surface area contributed by atoms with E-state index in [1.807, 2.05) is 108 Å². The van der Waals surface area contributed by atoms with Crippen LogP contribution >= 0.6 is 0 Å². The Balaban J connectivity index is 1.39. The maximum Gasteiger partial charge on any atom is 0.333 e. The molecule has 10 heteroatoms. The van der Waals surface area contributed by atoms with Crippen LogP contribution in [0.4, 0.5) is 0 Å². The lowest BCUT2D eigenvalue weighted by Gasteiger charge is -2.22. The quantitative estimate of drug-likeness (QED) is 0.0583. The lowest BCUT2D eigenvalue weighted by molar-refractivity contribution is -0.139. The maximum absolute atomic E-state index is 11.6. The molecular formula is C78H84N8O2. The fourth-order valence-corrected chi connectivity index (χ4v) is 10.5. The molecule has 0 atom stereocenters. The second kappa shape index (κ2) is 28.4. The standard InChI is InChI=1S/C78H84N8O2/c1-52(2)74(87)88-25-23-21-19-17-15-16-18-20-22-24-86-51-73(84-85-86)63-31-53-26-58(41-63)64(46-79)33-54-27-60(43-69(37-54)75(3,4)5)66(48-81)35-56-29-62(45-71(39-56)77(9,10)11)68(50-83)36-57-30-61(44-72(40-57)78(12,13)14)67(49-82)34-55-28-59(65(32-53)47-80)42-70(38-55)76(6,7)8/h26-45,51H,1,15-25H2,2-14H3. The zero-order chi connectivity index (χ0) is 64.1. The van der Waals surface area contributed by atoms with E-state index in [2.05, 4.69) is 155 Å². The molecule has 1 aromatic heterocycles. The van der Waals surface area contributed by atoms with Crippen molar-refractivity contribution in [2.24, 2.45) is 0 Å². The van der Waals surface area contributed by atoms with E-state index in [0.29, 0.717) is 91.2 Å². The van der Waals surface area contributed by atoms with Crippen molar-refractivity contribution in [1.29, 1.82) is 26.3 Å². The Labute approximate surface area is 523 Å². The molecule has 0 amide bonds. The van der Waals surface area contributed by atoms with E-state index >= 15 is 0 Å². The second-order valence-corrected chi connectivity index (χ2v) is 27.5. The number of carbonyl (C=O) groups excluding carboxylic acids is 1. The molecule has 1 aliphatic carbocycles. The molecule has 1 heterocycles. The summed E-state index contributed by atoms with van der Waals surface area (Å²) in [6.07, 6.45) is 20.8. The monoisotopic (exact) mass is 1160 g/mol. The van der Waals surface area contributed by atoms with Crippen LogP contribution in [0.25, 0.3) is 69.5 Å². The molecule has 0 saturated carbocycles. The minimum Gasteiger partial charge on any atom is -0.462 e. The van der Waals surface area contributed by atoms with Crippen LogP contribution < -0.4 is 0 Å². The third kappa shape index (κ3) is 17.9. The summed E-state index contributed by atoms with van der Waals surface area (Å²) >= 11 is 0. The maximum atomic E-state index is 11.6. The van der Waals surface area contributed by atoms with E-state index in [-0.39, 0.29) is 27.6 Å². The topological polar surface area (TPSA) is 176 Å². The molecule has 0 unspecified atom stereocenters. The van der Waals surface area contributed by atoms with Crippen molar-refractivity contribution >= 4 is 64.2 Å². The number of aromatic nitrogens is 3. The van der Waals surface area contributed by atoms with Crippen molar-refractivity contribution in [3.8, 4) is 41.6 Å². The van der Waals surface area contributed by atoms with E-state index in [1.165, 1.54) is 0 Å². The number of benzene rings is 5. The number of fused-ring (bicyclic) bond motifs is 10. The highest BCUT2D eigenvalue weighted by Gasteiger charge is 2.23. The van der Waals surface area contributed by atoms with E-state index in [0.717, 1.165) is 102 Å². The van der Waals surface area contributed by atoms with Crippen LogP contribution in [0, 0.1) is 56.7 Å². The molecule has 0 spiro atoms. The van der Waals surface area contributed by atoms with Crippen molar-refractivity contribution in [3.05, 3.63) is 187 Å². The van der Waals surface area contributed by atoms with Gasteiger partial charge in [0.25, 0.3) is 0 Å². The van der Waals surface area contributed by atoms with E-state index in [1.54, 1.807) is 6.92 Å². The fraction of sp³-hybridized carbons (Fsp3) is 0.359. The summed E-state index contributed by atoms with van der Waals surface area (Å²) in [4.78, 5) is 11.6. The molecule has 88 heavy (non-hydrogen) atoms. The van der Waals surface area contributed by atoms with Gasteiger partial charge in [0.2, 0.25) is 0 Å². The number of unbranched alkanes of at least 4 members (excludes halogenated alkanes) is 8. The van der Waals surface area contributed by atoms with Gasteiger partial charge in [0.05, 0.1) is 71.0 Å². The number of ether oxygens (including phenoxy) is 1. The minimum absolute atomic E-state index is 0.325. The Morgan fingerprint density at radius 1 is 0.420 bits per heavy atom. The van der Waals surface area contributed by atoms with Gasteiger partial charge in [0.1, 0.15) is 5.69 Å². The smallest absolute Gasteiger partial charge is 0.333 e. The molecule has 448 valence electrons. The van der Waals surface area contributed by atoms with Gasteiger partial charge in [-0.1, -0.05) is 164 Å². The summed E-state index contributed by atoms with van der Waals surface area (Å²) < 4.78 is 7.08. The van der Waals surface area contributed by atoms with Crippen LogP contribution in [0.3, 0.4) is 0 Å². The first kappa shape index (κ1) is 66.1. The summed E-state index contributed by atoms with van der Waals surface area (Å²) in [7, 11) is 0. The van der Waals surface area contributed by atoms with Crippen molar-refractivity contribution in [1.82, 2.24) is 15.0 Å². The Hall–Kier alpha value is -9.40. The van der Waals surface area contributed by atoms with E-state index in [9.17, 15) is 31.1 Å². The zero-order valence-corrected chi connectivity index (χ0v) is 54.0.